The Morgan fingerprint density at radius 3 is 1.50 bits per heavy atom. The molecular formula is C35H43BN2. The van der Waals surface area contributed by atoms with Crippen molar-refractivity contribution < 1.29 is 0 Å². The third kappa shape index (κ3) is 3.39. The summed E-state index contributed by atoms with van der Waals surface area (Å²) in [5.74, 6) is 1.62. The van der Waals surface area contributed by atoms with Crippen LogP contribution >= 0.6 is 0 Å². The van der Waals surface area contributed by atoms with Crippen molar-refractivity contribution in [3.8, 4) is 0 Å². The Hall–Kier alpha value is -2.68. The summed E-state index contributed by atoms with van der Waals surface area (Å²) in [5.41, 5.74) is 18.7. The Balaban J connectivity index is 1.60. The molecule has 0 unspecified atom stereocenters. The summed E-state index contributed by atoms with van der Waals surface area (Å²) in [6, 6.07) is 15.2. The number of anilines is 4. The van der Waals surface area contributed by atoms with Gasteiger partial charge in [0, 0.05) is 35.8 Å². The van der Waals surface area contributed by atoms with Crippen molar-refractivity contribution in [2.45, 2.75) is 97.8 Å². The van der Waals surface area contributed by atoms with Crippen LogP contribution in [-0.2, 0) is 12.8 Å². The van der Waals surface area contributed by atoms with Crippen molar-refractivity contribution >= 4 is 45.9 Å². The molecule has 0 spiro atoms. The Bertz CT molecular complexity index is 1330. The van der Waals surface area contributed by atoms with Crippen molar-refractivity contribution in [1.29, 1.82) is 0 Å². The summed E-state index contributed by atoms with van der Waals surface area (Å²) in [6.07, 6.45) is 7.52. The summed E-state index contributed by atoms with van der Waals surface area (Å²) in [4.78, 5) is 5.52. The van der Waals surface area contributed by atoms with Gasteiger partial charge in [0.25, 0.3) is 6.71 Å². The van der Waals surface area contributed by atoms with Crippen molar-refractivity contribution in [2.75, 3.05) is 22.9 Å². The van der Waals surface area contributed by atoms with Gasteiger partial charge in [-0.15, -0.1) is 0 Å². The van der Waals surface area contributed by atoms with Crippen LogP contribution in [0.3, 0.4) is 0 Å². The summed E-state index contributed by atoms with van der Waals surface area (Å²) in [6.45, 7) is 16.8. The maximum Gasteiger partial charge on any atom is 0.252 e. The second-order valence-corrected chi connectivity index (χ2v) is 13.2. The number of fused-ring (bicyclic) bond motifs is 4. The van der Waals surface area contributed by atoms with Crippen LogP contribution in [0.25, 0.3) is 0 Å². The van der Waals surface area contributed by atoms with E-state index < -0.39 is 0 Å². The van der Waals surface area contributed by atoms with Crippen LogP contribution in [0.1, 0.15) is 113 Å². The molecule has 0 saturated heterocycles. The molecule has 4 aliphatic rings. The first-order valence-corrected chi connectivity index (χ1v) is 15.4. The van der Waals surface area contributed by atoms with Crippen LogP contribution < -0.4 is 26.2 Å². The number of hydrogen-bond acceptors (Lipinski definition) is 2. The van der Waals surface area contributed by atoms with Gasteiger partial charge in [0.2, 0.25) is 0 Å². The van der Waals surface area contributed by atoms with Crippen LogP contribution in [0, 0.1) is 0 Å². The zero-order valence-electron chi connectivity index (χ0n) is 24.3. The van der Waals surface area contributed by atoms with Gasteiger partial charge in [0.15, 0.2) is 0 Å². The molecule has 0 fully saturated rings. The van der Waals surface area contributed by atoms with Crippen molar-refractivity contribution in [3.63, 3.8) is 0 Å². The highest BCUT2D eigenvalue weighted by Crippen LogP contribution is 2.45. The zero-order chi connectivity index (χ0) is 26.3. The quantitative estimate of drug-likeness (QED) is 0.351. The molecule has 0 saturated carbocycles. The average Bonchev–Trinajstić information content (AvgIpc) is 3.26. The topological polar surface area (TPSA) is 6.48 Å². The fraction of sp³-hybridized carbons (Fsp3) is 0.486. The number of hydrogen-bond donors (Lipinski definition) is 0. The maximum absolute atomic E-state index is 2.76. The van der Waals surface area contributed by atoms with Crippen LogP contribution in [0.5, 0.6) is 0 Å². The molecule has 0 amide bonds. The molecule has 3 aromatic rings. The molecule has 38 heavy (non-hydrogen) atoms. The fourth-order valence-electron chi connectivity index (χ4n) is 8.10. The van der Waals surface area contributed by atoms with Crippen LogP contribution in [0.4, 0.5) is 22.7 Å². The summed E-state index contributed by atoms with van der Waals surface area (Å²) < 4.78 is 0. The molecule has 3 aromatic carbocycles. The minimum atomic E-state index is 0.329. The molecule has 0 radical (unpaired) electrons. The lowest BCUT2D eigenvalue weighted by Gasteiger charge is -2.45. The molecule has 7 rings (SSSR count). The van der Waals surface area contributed by atoms with Crippen molar-refractivity contribution in [1.82, 2.24) is 0 Å². The smallest absolute Gasteiger partial charge is 0.252 e. The highest BCUT2D eigenvalue weighted by Gasteiger charge is 2.45. The predicted octanol–water partition coefficient (Wildman–Crippen LogP) is 7.15. The van der Waals surface area contributed by atoms with Crippen LogP contribution in [0.2, 0.25) is 0 Å². The van der Waals surface area contributed by atoms with E-state index in [2.05, 4.69) is 87.7 Å². The van der Waals surface area contributed by atoms with Crippen molar-refractivity contribution in [3.05, 3.63) is 64.2 Å². The number of nitrogens with zero attached hydrogens (tertiary/aromatic N) is 2. The lowest BCUT2D eigenvalue weighted by Crippen LogP contribution is -2.62. The van der Waals surface area contributed by atoms with Crippen molar-refractivity contribution in [2.24, 2.45) is 0 Å². The summed E-state index contributed by atoms with van der Waals surface area (Å²) in [7, 11) is 0. The molecular weight excluding hydrogens is 459 g/mol. The Labute approximate surface area is 230 Å². The van der Waals surface area contributed by atoms with Gasteiger partial charge in [-0.25, -0.2) is 0 Å². The Kier molecular flexibility index (Phi) is 5.73. The first-order chi connectivity index (χ1) is 18.4. The number of rotatable bonds is 3. The second kappa shape index (κ2) is 8.93. The lowest BCUT2D eigenvalue weighted by molar-refractivity contribution is 0.749. The molecule has 4 heterocycles. The minimum absolute atomic E-state index is 0.329. The van der Waals surface area contributed by atoms with Gasteiger partial charge in [0.1, 0.15) is 0 Å². The number of benzene rings is 3. The van der Waals surface area contributed by atoms with E-state index in [4.69, 9.17) is 0 Å². The second-order valence-electron chi connectivity index (χ2n) is 13.2. The molecule has 0 atom stereocenters. The van der Waals surface area contributed by atoms with Gasteiger partial charge >= 0.3 is 0 Å². The van der Waals surface area contributed by atoms with E-state index in [1.165, 1.54) is 55.5 Å². The molecule has 0 bridgehead atoms. The van der Waals surface area contributed by atoms with E-state index in [9.17, 15) is 0 Å². The van der Waals surface area contributed by atoms with Gasteiger partial charge in [-0.1, -0.05) is 65.8 Å². The first-order valence-electron chi connectivity index (χ1n) is 15.4. The van der Waals surface area contributed by atoms with Crippen LogP contribution in [-0.4, -0.2) is 19.8 Å². The van der Waals surface area contributed by atoms with Gasteiger partial charge in [-0.3, -0.25) is 0 Å². The average molecular weight is 503 g/mol. The van der Waals surface area contributed by atoms with Crippen LogP contribution in [0.15, 0.2) is 36.4 Å². The zero-order valence-corrected chi connectivity index (χ0v) is 24.3. The third-order valence-corrected chi connectivity index (χ3v) is 9.92. The maximum atomic E-state index is 2.76. The predicted molar refractivity (Wildman–Crippen MR) is 166 cm³/mol. The normalized spacial score (nSPS) is 17.4. The summed E-state index contributed by atoms with van der Waals surface area (Å²) in [5, 5.41) is 0. The molecule has 0 aliphatic carbocycles. The van der Waals surface area contributed by atoms with Gasteiger partial charge in [0.05, 0.1) is 0 Å². The van der Waals surface area contributed by atoms with E-state index in [0.717, 1.165) is 13.1 Å². The van der Waals surface area contributed by atoms with Gasteiger partial charge < -0.3 is 9.80 Å². The molecule has 4 aliphatic heterocycles. The van der Waals surface area contributed by atoms with Gasteiger partial charge in [-0.2, -0.15) is 0 Å². The monoisotopic (exact) mass is 502 g/mol. The molecule has 196 valence electrons. The largest absolute Gasteiger partial charge is 0.342 e. The van der Waals surface area contributed by atoms with E-state index in [0.29, 0.717) is 24.5 Å². The highest BCUT2D eigenvalue weighted by molar-refractivity contribution is 7.00. The molecule has 0 aromatic heterocycles. The van der Waals surface area contributed by atoms with E-state index >= 15 is 0 Å². The third-order valence-electron chi connectivity index (χ3n) is 9.92. The van der Waals surface area contributed by atoms with E-state index in [1.54, 1.807) is 50.0 Å². The van der Waals surface area contributed by atoms with E-state index in [1.807, 2.05) is 0 Å². The molecule has 2 nitrogen and oxygen atoms in total. The highest BCUT2D eigenvalue weighted by atomic mass is 15.2. The lowest BCUT2D eigenvalue weighted by atomic mass is 9.33. The fourth-order valence-corrected chi connectivity index (χ4v) is 8.10. The van der Waals surface area contributed by atoms with E-state index in [-0.39, 0.29) is 0 Å². The Morgan fingerprint density at radius 1 is 0.605 bits per heavy atom. The molecule has 0 N–H and O–H groups in total. The SMILES string of the molecule is CC(C)c1cc2c3c(c1)N1CCCCc4c(C(C)C)ccc(c41)B3c1ccc(C(C)C)c3c1N2CCCC3. The van der Waals surface area contributed by atoms with Gasteiger partial charge in [-0.05, 0) is 113 Å². The summed E-state index contributed by atoms with van der Waals surface area (Å²) >= 11 is 0. The minimum Gasteiger partial charge on any atom is -0.342 e. The first kappa shape index (κ1) is 24.4. The standard InChI is InChI=1S/C35H43BN2/c1-21(2)24-19-31-33-32(20-24)38-18-10-8-12-28-26(23(5)6)14-16-30(35(28)38)36(33)29-15-13-25(22(3)4)27-11-7-9-17-37(31)34(27)29/h13-16,19-23H,7-12,17-18H2,1-6H3. The molecule has 3 heteroatoms. The Morgan fingerprint density at radius 2 is 1.08 bits per heavy atom.